The number of fused-ring (bicyclic) bond motifs is 1. The van der Waals surface area contributed by atoms with E-state index < -0.39 is 0 Å². The Balaban J connectivity index is 1.63. The Morgan fingerprint density at radius 1 is 1.22 bits per heavy atom. The van der Waals surface area contributed by atoms with Crippen LogP contribution in [0.2, 0.25) is 0 Å². The summed E-state index contributed by atoms with van der Waals surface area (Å²) in [4.78, 5) is 5.31. The van der Waals surface area contributed by atoms with Gasteiger partial charge in [-0.2, -0.15) is 0 Å². The molecule has 0 saturated carbocycles. The first-order valence-electron chi connectivity index (χ1n) is 7.72. The maximum Gasteiger partial charge on any atom is 0.0593 e. The van der Waals surface area contributed by atoms with E-state index in [9.17, 15) is 0 Å². The summed E-state index contributed by atoms with van der Waals surface area (Å²) >= 11 is 0. The van der Waals surface area contributed by atoms with Gasteiger partial charge in [-0.1, -0.05) is 13.8 Å². The molecule has 3 nitrogen and oxygen atoms in total. The van der Waals surface area contributed by atoms with Crippen molar-refractivity contribution in [2.24, 2.45) is 5.92 Å². The van der Waals surface area contributed by atoms with E-state index in [1.54, 1.807) is 0 Å². The normalized spacial score (nSPS) is 30.0. The molecule has 0 bridgehead atoms. The predicted octanol–water partition coefficient (Wildman–Crippen LogP) is 2.22. The van der Waals surface area contributed by atoms with Gasteiger partial charge in [-0.05, 0) is 38.6 Å². The summed E-state index contributed by atoms with van der Waals surface area (Å²) in [6.45, 7) is 13.7. The van der Waals surface area contributed by atoms with E-state index in [4.69, 9.17) is 4.74 Å². The fourth-order valence-electron chi connectivity index (χ4n) is 3.16. The third-order valence-corrected chi connectivity index (χ3v) is 4.43. The number of rotatable bonds is 6. The van der Waals surface area contributed by atoms with Crippen LogP contribution in [0.25, 0.3) is 0 Å². The van der Waals surface area contributed by atoms with Crippen molar-refractivity contribution in [1.82, 2.24) is 9.80 Å². The SMILES string of the molecule is CC(C)CCOCCN1CC2CCCN2CC1C. The van der Waals surface area contributed by atoms with E-state index in [2.05, 4.69) is 30.6 Å². The van der Waals surface area contributed by atoms with Crippen LogP contribution in [0.15, 0.2) is 0 Å². The monoisotopic (exact) mass is 254 g/mol. The Bertz CT molecular complexity index is 245. The van der Waals surface area contributed by atoms with Gasteiger partial charge in [0, 0.05) is 38.3 Å². The fraction of sp³-hybridized carbons (Fsp3) is 1.00. The summed E-state index contributed by atoms with van der Waals surface area (Å²) in [5, 5.41) is 0. The second-order valence-electron chi connectivity index (χ2n) is 6.43. The second kappa shape index (κ2) is 6.88. The van der Waals surface area contributed by atoms with Gasteiger partial charge in [0.25, 0.3) is 0 Å². The Kier molecular flexibility index (Phi) is 5.46. The van der Waals surface area contributed by atoms with E-state index in [0.29, 0.717) is 6.04 Å². The molecule has 0 aromatic heterocycles. The van der Waals surface area contributed by atoms with Gasteiger partial charge in [-0.3, -0.25) is 9.80 Å². The van der Waals surface area contributed by atoms with Crippen LogP contribution in [-0.2, 0) is 4.74 Å². The van der Waals surface area contributed by atoms with Gasteiger partial charge in [-0.25, -0.2) is 0 Å². The van der Waals surface area contributed by atoms with Gasteiger partial charge in [-0.15, -0.1) is 0 Å². The predicted molar refractivity (Wildman–Crippen MR) is 75.9 cm³/mol. The van der Waals surface area contributed by atoms with Crippen molar-refractivity contribution in [3.63, 3.8) is 0 Å². The van der Waals surface area contributed by atoms with E-state index in [1.165, 1.54) is 38.9 Å². The standard InChI is InChI=1S/C15H30N2O/c1-13(2)6-9-18-10-8-16-12-15-5-4-7-17(15)11-14(16)3/h13-15H,4-12H2,1-3H3. The number of piperazine rings is 1. The summed E-state index contributed by atoms with van der Waals surface area (Å²) in [6, 6.07) is 1.53. The maximum absolute atomic E-state index is 5.75. The zero-order valence-corrected chi connectivity index (χ0v) is 12.4. The van der Waals surface area contributed by atoms with Crippen LogP contribution in [0.5, 0.6) is 0 Å². The smallest absolute Gasteiger partial charge is 0.0593 e. The average molecular weight is 254 g/mol. The summed E-state index contributed by atoms with van der Waals surface area (Å²) in [6.07, 6.45) is 3.99. The van der Waals surface area contributed by atoms with E-state index >= 15 is 0 Å². The Morgan fingerprint density at radius 2 is 2.06 bits per heavy atom. The number of hydrogen-bond donors (Lipinski definition) is 0. The second-order valence-corrected chi connectivity index (χ2v) is 6.43. The zero-order chi connectivity index (χ0) is 13.0. The van der Waals surface area contributed by atoms with E-state index in [-0.39, 0.29) is 0 Å². The summed E-state index contributed by atoms with van der Waals surface area (Å²) in [7, 11) is 0. The average Bonchev–Trinajstić information content (AvgIpc) is 2.75. The fourth-order valence-corrected chi connectivity index (χ4v) is 3.16. The number of nitrogens with zero attached hydrogens (tertiary/aromatic N) is 2. The first-order chi connectivity index (χ1) is 8.66. The molecular formula is C15H30N2O. The molecule has 0 amide bonds. The van der Waals surface area contributed by atoms with Gasteiger partial charge >= 0.3 is 0 Å². The molecule has 106 valence electrons. The van der Waals surface area contributed by atoms with Crippen LogP contribution in [0.1, 0.15) is 40.0 Å². The lowest BCUT2D eigenvalue weighted by atomic mass is 10.1. The molecule has 0 N–H and O–H groups in total. The van der Waals surface area contributed by atoms with Gasteiger partial charge in [0.2, 0.25) is 0 Å². The van der Waals surface area contributed by atoms with Crippen LogP contribution in [-0.4, -0.2) is 61.3 Å². The quantitative estimate of drug-likeness (QED) is 0.676. The third kappa shape index (κ3) is 3.94. The van der Waals surface area contributed by atoms with Crippen molar-refractivity contribution >= 4 is 0 Å². The van der Waals surface area contributed by atoms with E-state index in [0.717, 1.165) is 31.7 Å². The highest BCUT2D eigenvalue weighted by molar-refractivity contribution is 4.90. The lowest BCUT2D eigenvalue weighted by molar-refractivity contribution is 0.0288. The maximum atomic E-state index is 5.75. The van der Waals surface area contributed by atoms with Crippen LogP contribution in [0.3, 0.4) is 0 Å². The van der Waals surface area contributed by atoms with Crippen molar-refractivity contribution in [2.75, 3.05) is 39.4 Å². The molecule has 0 spiro atoms. The highest BCUT2D eigenvalue weighted by Gasteiger charge is 2.33. The lowest BCUT2D eigenvalue weighted by Gasteiger charge is -2.42. The molecule has 2 fully saturated rings. The molecule has 0 aromatic rings. The zero-order valence-electron chi connectivity index (χ0n) is 12.4. The Morgan fingerprint density at radius 3 is 2.83 bits per heavy atom. The molecule has 2 atom stereocenters. The lowest BCUT2D eigenvalue weighted by Crippen LogP contribution is -2.55. The topological polar surface area (TPSA) is 15.7 Å². The molecule has 18 heavy (non-hydrogen) atoms. The molecule has 2 aliphatic rings. The Labute approximate surface area is 112 Å². The molecule has 3 heteroatoms. The largest absolute Gasteiger partial charge is 0.380 e. The van der Waals surface area contributed by atoms with Crippen molar-refractivity contribution in [3.05, 3.63) is 0 Å². The summed E-state index contributed by atoms with van der Waals surface area (Å²) in [5.41, 5.74) is 0. The highest BCUT2D eigenvalue weighted by atomic mass is 16.5. The number of hydrogen-bond acceptors (Lipinski definition) is 3. The van der Waals surface area contributed by atoms with Crippen LogP contribution in [0, 0.1) is 5.92 Å². The van der Waals surface area contributed by atoms with Crippen LogP contribution in [0.4, 0.5) is 0 Å². The summed E-state index contributed by atoms with van der Waals surface area (Å²) in [5.74, 6) is 0.756. The first-order valence-corrected chi connectivity index (χ1v) is 7.72. The molecule has 2 heterocycles. The molecular weight excluding hydrogens is 224 g/mol. The van der Waals surface area contributed by atoms with Crippen molar-refractivity contribution in [3.8, 4) is 0 Å². The van der Waals surface area contributed by atoms with Crippen LogP contribution >= 0.6 is 0 Å². The molecule has 0 aliphatic carbocycles. The van der Waals surface area contributed by atoms with Crippen LogP contribution < -0.4 is 0 Å². The molecule has 2 unspecified atom stereocenters. The van der Waals surface area contributed by atoms with E-state index in [1.807, 2.05) is 0 Å². The third-order valence-electron chi connectivity index (χ3n) is 4.43. The highest BCUT2D eigenvalue weighted by Crippen LogP contribution is 2.24. The minimum Gasteiger partial charge on any atom is -0.380 e. The summed E-state index contributed by atoms with van der Waals surface area (Å²) < 4.78 is 5.75. The van der Waals surface area contributed by atoms with Gasteiger partial charge in [0.1, 0.15) is 0 Å². The first kappa shape index (κ1) is 14.3. The van der Waals surface area contributed by atoms with Crippen molar-refractivity contribution in [2.45, 2.75) is 52.1 Å². The van der Waals surface area contributed by atoms with Crippen molar-refractivity contribution in [1.29, 1.82) is 0 Å². The molecule has 2 saturated heterocycles. The van der Waals surface area contributed by atoms with Gasteiger partial charge in [0.15, 0.2) is 0 Å². The van der Waals surface area contributed by atoms with Gasteiger partial charge in [0.05, 0.1) is 6.61 Å². The van der Waals surface area contributed by atoms with Crippen molar-refractivity contribution < 1.29 is 4.74 Å². The molecule has 2 rings (SSSR count). The molecule has 0 aromatic carbocycles. The molecule has 2 aliphatic heterocycles. The molecule has 0 radical (unpaired) electrons. The minimum atomic E-state index is 0.702. The minimum absolute atomic E-state index is 0.702. The van der Waals surface area contributed by atoms with Gasteiger partial charge < -0.3 is 4.74 Å². The Hall–Kier alpha value is -0.120. The number of ether oxygens (including phenoxy) is 1.